The average molecular weight is 540 g/mol. The topological polar surface area (TPSA) is 187 Å². The van der Waals surface area contributed by atoms with Crippen molar-refractivity contribution in [2.24, 2.45) is 11.1 Å². The van der Waals surface area contributed by atoms with E-state index in [-0.39, 0.29) is 35.3 Å². The number of carboxylic acid groups (broad SMARTS) is 1. The molecule has 1 amide bonds. The molecule has 5 N–H and O–H groups in total. The van der Waals surface area contributed by atoms with Gasteiger partial charge in [-0.15, -0.1) is 11.3 Å². The van der Waals surface area contributed by atoms with Crippen LogP contribution in [0.2, 0.25) is 0 Å². The number of hydrogen-bond acceptors (Lipinski definition) is 12. The molecular formula is C22H29N5O7S2. The Morgan fingerprint density at radius 2 is 2.08 bits per heavy atom. The smallest absolute Gasteiger partial charge is 0.276 e. The first-order valence-electron chi connectivity index (χ1n) is 11.1. The number of aromatic nitrogens is 1. The summed E-state index contributed by atoms with van der Waals surface area (Å²) in [6.45, 7) is 1.21. The first-order valence-corrected chi connectivity index (χ1v) is 13.0. The van der Waals surface area contributed by atoms with Gasteiger partial charge in [0.2, 0.25) is 0 Å². The van der Waals surface area contributed by atoms with E-state index in [0.717, 1.165) is 11.3 Å². The second-order valence-corrected chi connectivity index (χ2v) is 10.7. The number of allylic oxidation sites excluding steroid dienone is 1. The molecule has 14 heteroatoms. The summed E-state index contributed by atoms with van der Waals surface area (Å²) in [6.07, 6.45) is 3.44. The van der Waals surface area contributed by atoms with Gasteiger partial charge in [-0.05, 0) is 17.2 Å². The lowest BCUT2D eigenvalue weighted by atomic mass is 9.71. The average Bonchev–Trinajstić information content (AvgIpc) is 3.26. The highest BCUT2D eigenvalue weighted by atomic mass is 32.2. The molecule has 1 saturated carbocycles. The number of ketones is 1. The summed E-state index contributed by atoms with van der Waals surface area (Å²) in [5, 5.41) is 38.2. The van der Waals surface area contributed by atoms with Crippen molar-refractivity contribution in [3.05, 3.63) is 34.4 Å². The number of aliphatic carboxylic acids is 1. The number of rotatable bonds is 12. The molecule has 1 aromatic rings. The molecule has 36 heavy (non-hydrogen) atoms. The van der Waals surface area contributed by atoms with Crippen LogP contribution in [-0.4, -0.2) is 107 Å². The third kappa shape index (κ3) is 5.95. The number of quaternary nitrogens is 1. The number of nitrogens with one attached hydrogen (secondary N) is 1. The number of carbonyl (C=O) groups excluding carboxylic acids is 3. The van der Waals surface area contributed by atoms with Crippen molar-refractivity contribution in [2.75, 3.05) is 58.5 Å². The van der Waals surface area contributed by atoms with E-state index < -0.39 is 34.9 Å². The summed E-state index contributed by atoms with van der Waals surface area (Å²) < 4.78 is 0.375. The number of anilines is 1. The summed E-state index contributed by atoms with van der Waals surface area (Å²) in [5.74, 6) is -3.14. The minimum absolute atomic E-state index is 0.0504. The summed E-state index contributed by atoms with van der Waals surface area (Å²) in [4.78, 5) is 46.6. The maximum absolute atomic E-state index is 13.0. The number of oxime groups is 1. The molecule has 3 rings (SSSR count). The largest absolute Gasteiger partial charge is 0.545 e. The van der Waals surface area contributed by atoms with Gasteiger partial charge in [-0.3, -0.25) is 9.59 Å². The Hall–Kier alpha value is -2.78. The lowest BCUT2D eigenvalue weighted by Gasteiger charge is -2.47. The molecular weight excluding hydrogens is 510 g/mol. The number of hydrogen-bond donors (Lipinski definition) is 4. The summed E-state index contributed by atoms with van der Waals surface area (Å²) in [7, 11) is 3.14. The van der Waals surface area contributed by atoms with Crippen molar-refractivity contribution < 1.29 is 39.0 Å². The molecule has 0 aromatic carbocycles. The van der Waals surface area contributed by atoms with Crippen LogP contribution in [0.4, 0.5) is 5.13 Å². The van der Waals surface area contributed by atoms with Gasteiger partial charge < -0.3 is 40.5 Å². The molecule has 0 bridgehead atoms. The molecule has 0 saturated heterocycles. The molecule has 12 nitrogen and oxygen atoms in total. The predicted octanol–water partition coefficient (Wildman–Crippen LogP) is -2.09. The number of aliphatic hydroxyl groups is 2. The fourth-order valence-electron chi connectivity index (χ4n) is 4.23. The van der Waals surface area contributed by atoms with Crippen molar-refractivity contribution in [3.63, 3.8) is 0 Å². The molecule has 1 fully saturated rings. The van der Waals surface area contributed by atoms with Gasteiger partial charge in [0, 0.05) is 16.4 Å². The number of nitrogens with two attached hydrogens (primary N) is 1. The molecule has 1 aromatic heterocycles. The van der Waals surface area contributed by atoms with Crippen molar-refractivity contribution >= 4 is 51.6 Å². The van der Waals surface area contributed by atoms with Gasteiger partial charge in [-0.25, -0.2) is 4.98 Å². The van der Waals surface area contributed by atoms with Gasteiger partial charge in [0.1, 0.15) is 31.9 Å². The van der Waals surface area contributed by atoms with Gasteiger partial charge >= 0.3 is 0 Å². The molecule has 1 unspecified atom stereocenters. The number of nitrogens with zero attached hydrogens (tertiary/aromatic N) is 3. The zero-order chi connectivity index (χ0) is 26.5. The molecule has 1 aliphatic heterocycles. The zero-order valence-corrected chi connectivity index (χ0v) is 21.5. The van der Waals surface area contributed by atoms with Crippen molar-refractivity contribution in [3.8, 4) is 0 Å². The number of aliphatic hydroxyl groups excluding tert-OH is 2. The number of amides is 1. The fourth-order valence-corrected chi connectivity index (χ4v) is 6.26. The van der Waals surface area contributed by atoms with Crippen LogP contribution in [0.1, 0.15) is 5.69 Å². The number of Topliss-reactive ketones (excluding diaryl/α,β-unsaturated/α-hetero) is 1. The minimum atomic E-state index is -1.43. The molecule has 0 spiro atoms. The van der Waals surface area contributed by atoms with E-state index in [2.05, 4.69) is 15.5 Å². The van der Waals surface area contributed by atoms with E-state index >= 15 is 0 Å². The highest BCUT2D eigenvalue weighted by Gasteiger charge is 2.55. The van der Waals surface area contributed by atoms with E-state index in [4.69, 9.17) is 10.6 Å². The number of thioether (sulfide) groups is 1. The van der Waals surface area contributed by atoms with E-state index in [1.54, 1.807) is 12.2 Å². The van der Waals surface area contributed by atoms with Crippen LogP contribution in [0.3, 0.4) is 0 Å². The van der Waals surface area contributed by atoms with Crippen LogP contribution in [0, 0.1) is 5.92 Å². The first-order chi connectivity index (χ1) is 17.2. The van der Waals surface area contributed by atoms with E-state index in [1.807, 2.05) is 7.05 Å². The third-order valence-electron chi connectivity index (χ3n) is 6.17. The van der Waals surface area contributed by atoms with E-state index in [9.17, 15) is 29.7 Å². The number of carboxylic acids is 1. The molecule has 3 atom stereocenters. The van der Waals surface area contributed by atoms with Crippen LogP contribution in [-0.2, 0) is 19.2 Å². The van der Waals surface area contributed by atoms with Crippen LogP contribution in [0.15, 0.2) is 33.8 Å². The van der Waals surface area contributed by atoms with Crippen LogP contribution >= 0.6 is 23.1 Å². The number of nitrogen functional groups attached to an aromatic ring is 1. The number of fused-ring (bicyclic) bond motifs is 1. The Balaban J connectivity index is 1.75. The number of carbonyl (C=O) groups is 3. The van der Waals surface area contributed by atoms with Gasteiger partial charge in [0.15, 0.2) is 16.6 Å². The monoisotopic (exact) mass is 539 g/mol. The fraction of sp³-hybridized carbons (Fsp3) is 0.500. The Kier molecular flexibility index (Phi) is 9.24. The summed E-state index contributed by atoms with van der Waals surface area (Å²) >= 11 is 2.49. The Bertz CT molecular complexity index is 1090. The first kappa shape index (κ1) is 27.8. The maximum Gasteiger partial charge on any atom is 0.276 e. The maximum atomic E-state index is 13.0. The molecule has 196 valence electrons. The lowest BCUT2D eigenvalue weighted by Crippen LogP contribution is -2.66. The summed E-state index contributed by atoms with van der Waals surface area (Å²) in [5.41, 5.74) is 6.08. The van der Waals surface area contributed by atoms with Crippen LogP contribution in [0.25, 0.3) is 0 Å². The van der Waals surface area contributed by atoms with Crippen molar-refractivity contribution in [1.29, 1.82) is 0 Å². The third-order valence-corrected chi connectivity index (χ3v) is 8.25. The molecule has 0 radical (unpaired) electrons. The molecule has 2 aliphatic rings. The van der Waals surface area contributed by atoms with Crippen molar-refractivity contribution in [1.82, 2.24) is 10.3 Å². The SMILES string of the molecule is CO/N=C(\C(=O)N[C@@H]1C(=O)C2C(C(=O)[O-])=C(/C=C/C[N+](C)(CCO)CCO)CS[C@@H]21)c1csc(N)n1. The van der Waals surface area contributed by atoms with Crippen LogP contribution < -0.4 is 16.2 Å². The van der Waals surface area contributed by atoms with Crippen LogP contribution in [0.5, 0.6) is 0 Å². The number of thiazole rings is 1. The standard InChI is InChI=1S/C22H29N5O7S2/c1-27(6-8-28,7-9-29)5-3-4-12-10-35-19-15(14(12)21(32)33)18(30)17(19)25-20(31)16(26-34-2)13-11-36-22(23)24-13/h3-4,11,15,17,19,28-29H,5-10H2,1-2H3,(H3-,23,24,25,31,32,33)/b4-3+,26-16-/t15?,17-,19+/m1/s1. The van der Waals surface area contributed by atoms with Gasteiger partial charge in [0.25, 0.3) is 5.91 Å². The predicted molar refractivity (Wildman–Crippen MR) is 133 cm³/mol. The summed E-state index contributed by atoms with van der Waals surface area (Å²) in [6, 6.07) is -0.903. The molecule has 1 aliphatic carbocycles. The quantitative estimate of drug-likeness (QED) is 0.130. The van der Waals surface area contributed by atoms with Gasteiger partial charge in [-0.2, -0.15) is 11.8 Å². The second-order valence-electron chi connectivity index (χ2n) is 8.63. The van der Waals surface area contributed by atoms with Crippen molar-refractivity contribution in [2.45, 2.75) is 11.3 Å². The highest BCUT2D eigenvalue weighted by molar-refractivity contribution is 8.00. The Morgan fingerprint density at radius 1 is 1.39 bits per heavy atom. The molecule has 2 heterocycles. The Labute approximate surface area is 216 Å². The zero-order valence-electron chi connectivity index (χ0n) is 19.9. The van der Waals surface area contributed by atoms with E-state index in [1.165, 1.54) is 24.3 Å². The second kappa shape index (κ2) is 12.0. The Morgan fingerprint density at radius 3 is 2.64 bits per heavy atom. The van der Waals surface area contributed by atoms with Gasteiger partial charge in [0.05, 0.1) is 38.7 Å². The highest BCUT2D eigenvalue weighted by Crippen LogP contribution is 2.45. The lowest BCUT2D eigenvalue weighted by molar-refractivity contribution is -0.904. The van der Waals surface area contributed by atoms with Gasteiger partial charge in [-0.1, -0.05) is 11.2 Å². The number of likely N-dealkylation sites (N-methyl/N-ethyl adjacent to an activating group) is 1. The minimum Gasteiger partial charge on any atom is -0.545 e. The van der Waals surface area contributed by atoms with E-state index in [0.29, 0.717) is 35.4 Å². The normalized spacial score (nSPS) is 22.4.